The van der Waals surface area contributed by atoms with E-state index in [0.717, 1.165) is 22.5 Å². The number of nitrogens with zero attached hydrogens (tertiary/aromatic N) is 2. The summed E-state index contributed by atoms with van der Waals surface area (Å²) in [6, 6.07) is 36.5. The minimum absolute atomic E-state index is 0. The van der Waals surface area contributed by atoms with E-state index in [2.05, 4.69) is 156 Å². The number of rotatable bonds is 2. The summed E-state index contributed by atoms with van der Waals surface area (Å²) in [6.45, 7) is 17.6. The van der Waals surface area contributed by atoms with Crippen LogP contribution >= 0.6 is 0 Å². The Morgan fingerprint density at radius 2 is 1.23 bits per heavy atom. The minimum atomic E-state index is 0. The largest absolute Gasteiger partial charge is 0.305 e. The Hall–Kier alpha value is -3.65. The van der Waals surface area contributed by atoms with E-state index < -0.39 is 0 Å². The molecular formula is C40H40IrN2-2. The number of aromatic nitrogens is 2. The second-order valence-corrected chi connectivity index (χ2v) is 13.2. The van der Waals surface area contributed by atoms with Crippen molar-refractivity contribution in [2.75, 3.05) is 0 Å². The van der Waals surface area contributed by atoms with Gasteiger partial charge in [-0.15, -0.1) is 59.2 Å². The third-order valence-electron chi connectivity index (χ3n) is 7.89. The van der Waals surface area contributed by atoms with Crippen molar-refractivity contribution in [2.24, 2.45) is 0 Å². The summed E-state index contributed by atoms with van der Waals surface area (Å²) in [5, 5.41) is 5.01. The molecule has 0 atom stereocenters. The number of hydrogen-bond donors (Lipinski definition) is 0. The van der Waals surface area contributed by atoms with Gasteiger partial charge < -0.3 is 9.97 Å². The maximum Gasteiger partial charge on any atom is 0.0192 e. The van der Waals surface area contributed by atoms with E-state index in [-0.39, 0.29) is 30.9 Å². The first-order chi connectivity index (χ1) is 19.9. The molecule has 0 fully saturated rings. The van der Waals surface area contributed by atoms with Crippen LogP contribution in [0.15, 0.2) is 97.3 Å². The van der Waals surface area contributed by atoms with Gasteiger partial charge in [0.2, 0.25) is 0 Å². The fourth-order valence-corrected chi connectivity index (χ4v) is 4.99. The first kappa shape index (κ1) is 32.3. The van der Waals surface area contributed by atoms with Crippen LogP contribution in [0.2, 0.25) is 0 Å². The Morgan fingerprint density at radius 1 is 0.581 bits per heavy atom. The van der Waals surface area contributed by atoms with E-state index in [0.29, 0.717) is 0 Å². The van der Waals surface area contributed by atoms with E-state index in [4.69, 9.17) is 0 Å². The number of hydrogen-bond acceptors (Lipinski definition) is 2. The number of pyridine rings is 2. The van der Waals surface area contributed by atoms with Gasteiger partial charge in [-0.25, -0.2) is 0 Å². The minimum Gasteiger partial charge on any atom is -0.305 e. The monoisotopic (exact) mass is 741 g/mol. The van der Waals surface area contributed by atoms with Crippen molar-refractivity contribution in [3.8, 4) is 22.5 Å². The Labute approximate surface area is 271 Å². The Balaban J connectivity index is 0.000000194. The van der Waals surface area contributed by atoms with Gasteiger partial charge in [-0.2, -0.15) is 0 Å². The molecule has 0 amide bonds. The van der Waals surface area contributed by atoms with Crippen LogP contribution < -0.4 is 0 Å². The molecule has 0 bridgehead atoms. The smallest absolute Gasteiger partial charge is 0.0192 e. The summed E-state index contributed by atoms with van der Waals surface area (Å²) in [6.07, 6.45) is 3.83. The average molecular weight is 741 g/mol. The summed E-state index contributed by atoms with van der Waals surface area (Å²) in [4.78, 5) is 9.08. The van der Waals surface area contributed by atoms with Crippen LogP contribution in [0.1, 0.15) is 63.8 Å². The van der Waals surface area contributed by atoms with Crippen molar-refractivity contribution >= 4 is 21.5 Å². The summed E-state index contributed by atoms with van der Waals surface area (Å²) in [5.41, 5.74) is 9.49. The average Bonchev–Trinajstić information content (AvgIpc) is 2.98. The van der Waals surface area contributed by atoms with Gasteiger partial charge >= 0.3 is 0 Å². The normalized spacial score (nSPS) is 11.5. The molecule has 6 rings (SSSR count). The third-order valence-corrected chi connectivity index (χ3v) is 7.89. The van der Waals surface area contributed by atoms with E-state index in [1.807, 2.05) is 18.5 Å². The van der Waals surface area contributed by atoms with E-state index in [9.17, 15) is 0 Å². The number of aryl methyl sites for hydroxylation is 2. The topological polar surface area (TPSA) is 25.8 Å². The molecule has 2 nitrogen and oxygen atoms in total. The zero-order chi connectivity index (χ0) is 30.1. The molecule has 0 saturated heterocycles. The van der Waals surface area contributed by atoms with Gasteiger partial charge in [-0.05, 0) is 64.0 Å². The number of fused-ring (bicyclic) bond motifs is 3. The van der Waals surface area contributed by atoms with Gasteiger partial charge in [0.05, 0.1) is 0 Å². The zero-order valence-electron chi connectivity index (χ0n) is 26.5. The molecule has 6 aromatic rings. The predicted molar refractivity (Wildman–Crippen MR) is 179 cm³/mol. The molecule has 0 unspecified atom stereocenters. The molecule has 0 aliphatic heterocycles. The summed E-state index contributed by atoms with van der Waals surface area (Å²) in [5.74, 6) is 0. The molecule has 0 aliphatic rings. The van der Waals surface area contributed by atoms with Crippen LogP contribution in [0, 0.1) is 26.0 Å². The van der Waals surface area contributed by atoms with Crippen LogP contribution in [0.3, 0.4) is 0 Å². The van der Waals surface area contributed by atoms with Crippen LogP contribution in [0.5, 0.6) is 0 Å². The molecule has 0 spiro atoms. The van der Waals surface area contributed by atoms with Crippen molar-refractivity contribution in [1.82, 2.24) is 9.97 Å². The van der Waals surface area contributed by atoms with Crippen molar-refractivity contribution < 1.29 is 20.1 Å². The van der Waals surface area contributed by atoms with Crippen molar-refractivity contribution in [3.05, 3.63) is 132 Å². The van der Waals surface area contributed by atoms with Crippen molar-refractivity contribution in [3.63, 3.8) is 0 Å². The molecule has 2 aromatic heterocycles. The van der Waals surface area contributed by atoms with E-state index in [1.54, 1.807) is 0 Å². The molecule has 0 N–H and O–H groups in total. The Kier molecular flexibility index (Phi) is 9.69. The maximum absolute atomic E-state index is 4.56. The summed E-state index contributed by atoms with van der Waals surface area (Å²) in [7, 11) is 0. The van der Waals surface area contributed by atoms with Crippen LogP contribution in [0.4, 0.5) is 0 Å². The molecule has 43 heavy (non-hydrogen) atoms. The first-order valence-electron chi connectivity index (χ1n) is 14.7. The SMILES string of the molecule is CC(C)(C)c1cc[c-]c(-c2cc(C(C)(C)C)ccn2)c1.Cc1cnc(-c2[c-]cc3ccc4ccccc4c3c2)cc1C.[Ir]. The fourth-order valence-electron chi connectivity index (χ4n) is 4.99. The summed E-state index contributed by atoms with van der Waals surface area (Å²) >= 11 is 0. The van der Waals surface area contributed by atoms with E-state index in [1.165, 1.54) is 43.8 Å². The molecule has 221 valence electrons. The van der Waals surface area contributed by atoms with Crippen molar-refractivity contribution in [2.45, 2.75) is 66.2 Å². The predicted octanol–water partition coefficient (Wildman–Crippen LogP) is 10.6. The molecule has 1 radical (unpaired) electrons. The fraction of sp³-hybridized carbons (Fsp3) is 0.250. The molecule has 0 aliphatic carbocycles. The van der Waals surface area contributed by atoms with Gasteiger partial charge in [0.15, 0.2) is 0 Å². The molecule has 4 aromatic carbocycles. The third kappa shape index (κ3) is 7.47. The molecule has 0 saturated carbocycles. The van der Waals surface area contributed by atoms with Crippen molar-refractivity contribution in [1.29, 1.82) is 0 Å². The quantitative estimate of drug-likeness (QED) is 0.131. The summed E-state index contributed by atoms with van der Waals surface area (Å²) < 4.78 is 0. The van der Waals surface area contributed by atoms with Gasteiger partial charge in [-0.1, -0.05) is 106 Å². The zero-order valence-corrected chi connectivity index (χ0v) is 28.9. The first-order valence-corrected chi connectivity index (χ1v) is 14.7. The van der Waals surface area contributed by atoms with Gasteiger partial charge in [0.25, 0.3) is 0 Å². The Morgan fingerprint density at radius 3 is 1.95 bits per heavy atom. The molecule has 2 heterocycles. The second kappa shape index (κ2) is 12.9. The molecular weight excluding hydrogens is 701 g/mol. The van der Waals surface area contributed by atoms with Gasteiger partial charge in [0, 0.05) is 32.5 Å². The van der Waals surface area contributed by atoms with Gasteiger partial charge in [0.1, 0.15) is 0 Å². The van der Waals surface area contributed by atoms with Crippen LogP contribution in [-0.2, 0) is 30.9 Å². The molecule has 3 heteroatoms. The van der Waals surface area contributed by atoms with Gasteiger partial charge in [-0.3, -0.25) is 0 Å². The standard InChI is InChI=1S/C21H16N.C19H24N.Ir/c1-14-11-21(22-13-15(14)2)18-10-9-17-8-7-16-5-3-4-6-19(16)20(17)12-18;1-18(2,3)15-9-7-8-14(12-15)17-13-16(10-11-20-17)19(4,5)6;/h3-9,11-13H,1-2H3;7,9-13H,1-6H3;/q2*-1;. The second-order valence-electron chi connectivity index (χ2n) is 13.2. The van der Waals surface area contributed by atoms with Crippen LogP contribution in [0.25, 0.3) is 44.1 Å². The Bertz CT molecular complexity index is 1820. The van der Waals surface area contributed by atoms with E-state index >= 15 is 0 Å². The van der Waals surface area contributed by atoms with Crippen LogP contribution in [-0.4, -0.2) is 9.97 Å². The number of benzene rings is 4. The maximum atomic E-state index is 4.56.